The fraction of sp³-hybridized carbons (Fsp3) is 1.00. The lowest BCUT2D eigenvalue weighted by atomic mass is 9.68. The predicted molar refractivity (Wildman–Crippen MR) is 37.1 cm³/mol. The van der Waals surface area contributed by atoms with Crippen LogP contribution < -0.4 is 0 Å². The zero-order valence-electron chi connectivity index (χ0n) is 6.45. The molecule has 1 aliphatic rings. The number of halogens is 1. The molecule has 0 aromatic heterocycles. The minimum absolute atomic E-state index is 0.336. The molecule has 0 atom stereocenters. The third-order valence-corrected chi connectivity index (χ3v) is 2.31. The average molecular weight is 130 g/mol. The third-order valence-electron chi connectivity index (χ3n) is 2.31. The smallest absolute Gasteiger partial charge is 0.101 e. The van der Waals surface area contributed by atoms with E-state index in [1.54, 1.807) is 0 Å². The van der Waals surface area contributed by atoms with E-state index >= 15 is 0 Å². The van der Waals surface area contributed by atoms with Gasteiger partial charge in [-0.1, -0.05) is 20.8 Å². The fourth-order valence-corrected chi connectivity index (χ4v) is 1.26. The summed E-state index contributed by atoms with van der Waals surface area (Å²) in [7, 11) is 0. The van der Waals surface area contributed by atoms with Crippen molar-refractivity contribution < 1.29 is 4.39 Å². The van der Waals surface area contributed by atoms with Crippen LogP contribution in [0.3, 0.4) is 0 Å². The Hall–Kier alpha value is -0.0700. The molecule has 1 aliphatic carbocycles. The first kappa shape index (κ1) is 7.04. The predicted octanol–water partition coefficient (Wildman–Crippen LogP) is 2.78. The summed E-state index contributed by atoms with van der Waals surface area (Å²) in [6, 6.07) is 0. The van der Waals surface area contributed by atoms with Gasteiger partial charge in [0.1, 0.15) is 6.17 Å². The molecule has 9 heavy (non-hydrogen) atoms. The first-order chi connectivity index (χ1) is 4.00. The maximum atomic E-state index is 12.3. The molecule has 0 aromatic carbocycles. The molecule has 0 radical (unpaired) electrons. The molecule has 0 aliphatic heterocycles. The van der Waals surface area contributed by atoms with Gasteiger partial charge in [-0.25, -0.2) is 4.39 Å². The fourth-order valence-electron chi connectivity index (χ4n) is 1.26. The Morgan fingerprint density at radius 3 is 1.78 bits per heavy atom. The molecule has 1 heteroatoms. The van der Waals surface area contributed by atoms with E-state index in [1.807, 2.05) is 0 Å². The Balaban J connectivity index is 2.32. The molecule has 54 valence electrons. The highest BCUT2D eigenvalue weighted by atomic mass is 19.1. The second-order valence-electron chi connectivity index (χ2n) is 4.13. The van der Waals surface area contributed by atoms with Gasteiger partial charge >= 0.3 is 0 Å². The van der Waals surface area contributed by atoms with Gasteiger partial charge < -0.3 is 0 Å². The van der Waals surface area contributed by atoms with Crippen LogP contribution in [0.2, 0.25) is 0 Å². The highest BCUT2D eigenvalue weighted by Gasteiger charge is 2.36. The van der Waals surface area contributed by atoms with Gasteiger partial charge in [0.15, 0.2) is 0 Å². The topological polar surface area (TPSA) is 0 Å². The van der Waals surface area contributed by atoms with Crippen molar-refractivity contribution in [2.24, 2.45) is 11.3 Å². The van der Waals surface area contributed by atoms with Crippen molar-refractivity contribution in [1.29, 1.82) is 0 Å². The second-order valence-corrected chi connectivity index (χ2v) is 4.13. The van der Waals surface area contributed by atoms with E-state index in [0.29, 0.717) is 11.3 Å². The van der Waals surface area contributed by atoms with E-state index in [0.717, 1.165) is 12.8 Å². The molecule has 1 rings (SSSR count). The Morgan fingerprint density at radius 1 is 1.22 bits per heavy atom. The molecular weight excluding hydrogens is 115 g/mol. The highest BCUT2D eigenvalue weighted by molar-refractivity contribution is 4.86. The minimum Gasteiger partial charge on any atom is -0.247 e. The highest BCUT2D eigenvalue weighted by Crippen LogP contribution is 2.42. The van der Waals surface area contributed by atoms with Crippen LogP contribution in [0.15, 0.2) is 0 Å². The van der Waals surface area contributed by atoms with Gasteiger partial charge in [0.25, 0.3) is 0 Å². The van der Waals surface area contributed by atoms with E-state index in [4.69, 9.17) is 0 Å². The zero-order chi connectivity index (χ0) is 7.07. The lowest BCUT2D eigenvalue weighted by molar-refractivity contribution is 0.0478. The first-order valence-electron chi connectivity index (χ1n) is 3.64. The van der Waals surface area contributed by atoms with Crippen molar-refractivity contribution in [3.8, 4) is 0 Å². The van der Waals surface area contributed by atoms with E-state index in [1.165, 1.54) is 0 Å². The normalized spacial score (nSPS) is 36.0. The van der Waals surface area contributed by atoms with Crippen molar-refractivity contribution in [1.82, 2.24) is 0 Å². The Bertz CT molecular complexity index is 95.6. The number of alkyl halides is 1. The van der Waals surface area contributed by atoms with Crippen LogP contribution in [0, 0.1) is 11.3 Å². The maximum absolute atomic E-state index is 12.3. The third kappa shape index (κ3) is 1.44. The molecule has 0 bridgehead atoms. The lowest BCUT2D eigenvalue weighted by Crippen LogP contribution is -2.34. The Kier molecular flexibility index (Phi) is 1.54. The second kappa shape index (κ2) is 1.96. The van der Waals surface area contributed by atoms with Crippen molar-refractivity contribution in [2.75, 3.05) is 0 Å². The van der Waals surface area contributed by atoms with Crippen LogP contribution in [0.4, 0.5) is 4.39 Å². The molecule has 0 amide bonds. The number of rotatable bonds is 0. The SMILES string of the molecule is CC(C)(C)[C@H]1C[C@H](F)C1. The molecule has 0 nitrogen and oxygen atoms in total. The van der Waals surface area contributed by atoms with Crippen molar-refractivity contribution in [3.05, 3.63) is 0 Å². The summed E-state index contributed by atoms with van der Waals surface area (Å²) in [4.78, 5) is 0. The summed E-state index contributed by atoms with van der Waals surface area (Å²) in [5, 5.41) is 0. The van der Waals surface area contributed by atoms with Crippen molar-refractivity contribution >= 4 is 0 Å². The summed E-state index contributed by atoms with van der Waals surface area (Å²) in [5.41, 5.74) is 0.336. The van der Waals surface area contributed by atoms with Crippen LogP contribution in [0.1, 0.15) is 33.6 Å². The zero-order valence-corrected chi connectivity index (χ0v) is 6.45. The summed E-state index contributed by atoms with van der Waals surface area (Å²) in [6.45, 7) is 6.55. The molecule has 0 aromatic rings. The van der Waals surface area contributed by atoms with E-state index in [-0.39, 0.29) is 0 Å². The van der Waals surface area contributed by atoms with E-state index in [2.05, 4.69) is 20.8 Å². The van der Waals surface area contributed by atoms with Gasteiger partial charge in [-0.3, -0.25) is 0 Å². The summed E-state index contributed by atoms with van der Waals surface area (Å²) in [5.74, 6) is 0.632. The van der Waals surface area contributed by atoms with Crippen LogP contribution in [-0.2, 0) is 0 Å². The molecule has 1 saturated carbocycles. The average Bonchev–Trinajstić information content (AvgIpc) is 1.55. The number of hydrogen-bond acceptors (Lipinski definition) is 0. The molecule has 0 unspecified atom stereocenters. The summed E-state index contributed by atoms with van der Waals surface area (Å²) < 4.78 is 12.3. The van der Waals surface area contributed by atoms with Gasteiger partial charge in [-0.15, -0.1) is 0 Å². The quantitative estimate of drug-likeness (QED) is 0.473. The number of hydrogen-bond donors (Lipinski definition) is 0. The molecule has 0 N–H and O–H groups in total. The summed E-state index contributed by atoms with van der Waals surface area (Å²) >= 11 is 0. The van der Waals surface area contributed by atoms with Gasteiger partial charge in [-0.2, -0.15) is 0 Å². The largest absolute Gasteiger partial charge is 0.247 e. The van der Waals surface area contributed by atoms with Crippen molar-refractivity contribution in [2.45, 2.75) is 39.8 Å². The molecule has 0 spiro atoms. The lowest BCUT2D eigenvalue weighted by Gasteiger charge is -2.39. The van der Waals surface area contributed by atoms with Gasteiger partial charge in [0, 0.05) is 0 Å². The minimum atomic E-state index is -0.491. The monoisotopic (exact) mass is 130 g/mol. The first-order valence-corrected chi connectivity index (χ1v) is 3.64. The van der Waals surface area contributed by atoms with Crippen LogP contribution >= 0.6 is 0 Å². The van der Waals surface area contributed by atoms with Gasteiger partial charge in [0.05, 0.1) is 0 Å². The van der Waals surface area contributed by atoms with Crippen LogP contribution in [-0.4, -0.2) is 6.17 Å². The van der Waals surface area contributed by atoms with Crippen LogP contribution in [0.5, 0.6) is 0 Å². The van der Waals surface area contributed by atoms with E-state index in [9.17, 15) is 4.39 Å². The van der Waals surface area contributed by atoms with Gasteiger partial charge in [-0.05, 0) is 24.2 Å². The molecular formula is C8H15F. The van der Waals surface area contributed by atoms with E-state index < -0.39 is 6.17 Å². The Morgan fingerprint density at radius 2 is 1.67 bits per heavy atom. The summed E-state index contributed by atoms with van der Waals surface area (Å²) in [6.07, 6.45) is 1.10. The Labute approximate surface area is 56.5 Å². The van der Waals surface area contributed by atoms with Crippen molar-refractivity contribution in [3.63, 3.8) is 0 Å². The standard InChI is InChI=1S/C8H15F/c1-8(2,3)6-4-7(9)5-6/h6-7H,4-5H2,1-3H3/t6-,7-. The molecule has 1 fully saturated rings. The van der Waals surface area contributed by atoms with Crippen LogP contribution in [0.25, 0.3) is 0 Å². The molecule has 0 saturated heterocycles. The molecule has 0 heterocycles. The van der Waals surface area contributed by atoms with Gasteiger partial charge in [0.2, 0.25) is 0 Å². The maximum Gasteiger partial charge on any atom is 0.101 e.